The van der Waals surface area contributed by atoms with Crippen LogP contribution in [0.5, 0.6) is 11.5 Å². The second-order valence-corrected chi connectivity index (χ2v) is 5.60. The van der Waals surface area contributed by atoms with Crippen molar-refractivity contribution >= 4 is 18.0 Å². The second-order valence-electron chi connectivity index (χ2n) is 5.60. The highest BCUT2D eigenvalue weighted by Gasteiger charge is 2.21. The number of carbonyl (C=O) groups excluding carboxylic acids is 1. The van der Waals surface area contributed by atoms with Crippen molar-refractivity contribution in [2.75, 3.05) is 14.2 Å². The Morgan fingerprint density at radius 1 is 1.04 bits per heavy atom. The summed E-state index contributed by atoms with van der Waals surface area (Å²) in [7, 11) is 2.69. The van der Waals surface area contributed by atoms with Gasteiger partial charge in [-0.05, 0) is 41.5 Å². The van der Waals surface area contributed by atoms with E-state index in [1.54, 1.807) is 36.4 Å². The Kier molecular flexibility index (Phi) is 6.96. The lowest BCUT2D eigenvalue weighted by Crippen LogP contribution is -2.29. The van der Waals surface area contributed by atoms with E-state index in [9.17, 15) is 14.7 Å². The average Bonchev–Trinajstić information content (AvgIpc) is 2.66. The van der Waals surface area contributed by atoms with E-state index in [1.165, 1.54) is 32.4 Å². The quantitative estimate of drug-likeness (QED) is 0.318. The van der Waals surface area contributed by atoms with Gasteiger partial charge in [0.2, 0.25) is 5.76 Å². The molecule has 2 N–H and O–H groups in total. The molecule has 0 heterocycles. The van der Waals surface area contributed by atoms with Gasteiger partial charge in [-0.15, -0.1) is 0 Å². The summed E-state index contributed by atoms with van der Waals surface area (Å²) < 4.78 is 15.3. The molecule has 1 atom stereocenters. The highest BCUT2D eigenvalue weighted by atomic mass is 16.6. The summed E-state index contributed by atoms with van der Waals surface area (Å²) in [6, 6.07) is 12.8. The number of phenols is 1. The van der Waals surface area contributed by atoms with Crippen LogP contribution in [0, 0.1) is 0 Å². The highest BCUT2D eigenvalue weighted by Crippen LogP contribution is 2.17. The number of esters is 1. The van der Waals surface area contributed by atoms with Crippen LogP contribution in [0.1, 0.15) is 11.1 Å². The number of carbonyl (C=O) groups is 2. The maximum Gasteiger partial charge on any atom is 0.371 e. The first-order valence-corrected chi connectivity index (χ1v) is 8.04. The lowest BCUT2D eigenvalue weighted by atomic mass is 10.1. The molecule has 0 spiro atoms. The number of carboxylic acids is 1. The summed E-state index contributed by atoms with van der Waals surface area (Å²) in [5.41, 5.74) is 1.40. The topological polar surface area (TPSA) is 102 Å². The SMILES string of the molecule is CO/C(=C\c1ccc(OC(=O)C(Cc2ccc(O)cc2)OC)cc1)C(=O)O. The first kappa shape index (κ1) is 20.0. The Balaban J connectivity index is 2.03. The minimum atomic E-state index is -1.18. The van der Waals surface area contributed by atoms with Crippen LogP contribution in [0.3, 0.4) is 0 Å². The van der Waals surface area contributed by atoms with Gasteiger partial charge in [-0.25, -0.2) is 9.59 Å². The number of hydrogen-bond donors (Lipinski definition) is 2. The number of rotatable bonds is 8. The predicted molar refractivity (Wildman–Crippen MR) is 97.3 cm³/mol. The Bertz CT molecular complexity index is 807. The van der Waals surface area contributed by atoms with E-state index < -0.39 is 18.0 Å². The number of benzene rings is 2. The summed E-state index contributed by atoms with van der Waals surface area (Å²) >= 11 is 0. The lowest BCUT2D eigenvalue weighted by molar-refractivity contribution is -0.145. The Hall–Kier alpha value is -3.32. The monoisotopic (exact) mass is 372 g/mol. The van der Waals surface area contributed by atoms with Gasteiger partial charge in [0.05, 0.1) is 7.11 Å². The first-order chi connectivity index (χ1) is 12.9. The van der Waals surface area contributed by atoms with Crippen molar-refractivity contribution in [3.63, 3.8) is 0 Å². The Morgan fingerprint density at radius 2 is 1.67 bits per heavy atom. The number of aromatic hydroxyl groups is 1. The predicted octanol–water partition coefficient (Wildman–Crippen LogP) is 2.63. The van der Waals surface area contributed by atoms with Gasteiger partial charge in [0.25, 0.3) is 0 Å². The third-order valence-corrected chi connectivity index (χ3v) is 3.73. The third-order valence-electron chi connectivity index (χ3n) is 3.73. The van der Waals surface area contributed by atoms with Crippen LogP contribution in [-0.4, -0.2) is 42.5 Å². The average molecular weight is 372 g/mol. The summed E-state index contributed by atoms with van der Waals surface area (Å²) in [4.78, 5) is 23.2. The molecule has 0 aliphatic carbocycles. The standard InChI is InChI=1S/C20H20O7/c1-25-17(19(22)23)11-14-5-9-16(10-6-14)27-20(24)18(26-2)12-13-3-7-15(21)8-4-13/h3-11,18,21H,12H2,1-2H3,(H,22,23)/b17-11-. The van der Waals surface area contributed by atoms with E-state index >= 15 is 0 Å². The molecule has 0 saturated carbocycles. The van der Waals surface area contributed by atoms with E-state index in [-0.39, 0.29) is 11.5 Å². The fourth-order valence-corrected chi connectivity index (χ4v) is 2.28. The Labute approximate surface area is 156 Å². The maximum atomic E-state index is 12.3. The van der Waals surface area contributed by atoms with E-state index in [0.29, 0.717) is 17.7 Å². The molecule has 2 rings (SSSR count). The number of ether oxygens (including phenoxy) is 3. The van der Waals surface area contributed by atoms with Gasteiger partial charge in [-0.1, -0.05) is 24.3 Å². The van der Waals surface area contributed by atoms with Crippen LogP contribution >= 0.6 is 0 Å². The van der Waals surface area contributed by atoms with Crippen molar-refractivity contribution in [3.05, 3.63) is 65.4 Å². The molecule has 2 aromatic rings. The van der Waals surface area contributed by atoms with Gasteiger partial charge in [0, 0.05) is 13.5 Å². The zero-order valence-corrected chi connectivity index (χ0v) is 14.9. The molecular formula is C20H20O7. The van der Waals surface area contributed by atoms with Crippen molar-refractivity contribution in [2.24, 2.45) is 0 Å². The minimum absolute atomic E-state index is 0.143. The highest BCUT2D eigenvalue weighted by molar-refractivity contribution is 5.89. The van der Waals surface area contributed by atoms with Gasteiger partial charge < -0.3 is 24.4 Å². The largest absolute Gasteiger partial charge is 0.508 e. The second kappa shape index (κ2) is 9.40. The van der Waals surface area contributed by atoms with Crippen LogP contribution in [0.4, 0.5) is 0 Å². The molecule has 0 amide bonds. The molecule has 0 aliphatic heterocycles. The van der Waals surface area contributed by atoms with Gasteiger partial charge in [0.15, 0.2) is 6.10 Å². The number of carboxylic acid groups (broad SMARTS) is 1. The molecule has 7 nitrogen and oxygen atoms in total. The molecule has 0 aliphatic rings. The van der Waals surface area contributed by atoms with Gasteiger partial charge >= 0.3 is 11.9 Å². The summed E-state index contributed by atoms with van der Waals surface area (Å²) in [5, 5.41) is 18.3. The molecule has 0 saturated heterocycles. The summed E-state index contributed by atoms with van der Waals surface area (Å²) in [6.45, 7) is 0. The molecular weight excluding hydrogens is 352 g/mol. The normalized spacial score (nSPS) is 12.3. The molecule has 1 unspecified atom stereocenters. The lowest BCUT2D eigenvalue weighted by Gasteiger charge is -2.14. The van der Waals surface area contributed by atoms with Crippen molar-refractivity contribution < 1.29 is 34.0 Å². The molecule has 0 radical (unpaired) electrons. The fourth-order valence-electron chi connectivity index (χ4n) is 2.28. The van der Waals surface area contributed by atoms with Crippen LogP contribution in [0.15, 0.2) is 54.3 Å². The number of methoxy groups -OCH3 is 2. The van der Waals surface area contributed by atoms with Crippen LogP contribution < -0.4 is 4.74 Å². The molecule has 2 aromatic carbocycles. The minimum Gasteiger partial charge on any atom is -0.508 e. The molecule has 0 bridgehead atoms. The number of phenolic OH excluding ortho intramolecular Hbond substituents is 1. The van der Waals surface area contributed by atoms with Crippen molar-refractivity contribution in [1.82, 2.24) is 0 Å². The Morgan fingerprint density at radius 3 is 2.19 bits per heavy atom. The van der Waals surface area contributed by atoms with Crippen molar-refractivity contribution in [3.8, 4) is 11.5 Å². The summed E-state index contributed by atoms with van der Waals surface area (Å²) in [6.07, 6.45) is 0.851. The van der Waals surface area contributed by atoms with Gasteiger partial charge in [-0.2, -0.15) is 0 Å². The van der Waals surface area contributed by atoms with Crippen molar-refractivity contribution in [1.29, 1.82) is 0 Å². The van der Waals surface area contributed by atoms with Crippen LogP contribution in [0.2, 0.25) is 0 Å². The molecule has 27 heavy (non-hydrogen) atoms. The fraction of sp³-hybridized carbons (Fsp3) is 0.200. The van der Waals surface area contributed by atoms with E-state index in [0.717, 1.165) is 5.56 Å². The molecule has 0 aromatic heterocycles. The molecule has 142 valence electrons. The van der Waals surface area contributed by atoms with Gasteiger partial charge in [0.1, 0.15) is 11.5 Å². The zero-order chi connectivity index (χ0) is 19.8. The van der Waals surface area contributed by atoms with E-state index in [1.807, 2.05) is 0 Å². The van der Waals surface area contributed by atoms with E-state index in [2.05, 4.69) is 0 Å². The summed E-state index contributed by atoms with van der Waals surface area (Å²) in [5.74, 6) is -1.49. The molecule has 7 heteroatoms. The van der Waals surface area contributed by atoms with E-state index in [4.69, 9.17) is 19.3 Å². The smallest absolute Gasteiger partial charge is 0.371 e. The molecule has 0 fully saturated rings. The zero-order valence-electron chi connectivity index (χ0n) is 14.9. The van der Waals surface area contributed by atoms with Crippen LogP contribution in [0.25, 0.3) is 6.08 Å². The van der Waals surface area contributed by atoms with Crippen LogP contribution in [-0.2, 0) is 25.5 Å². The number of hydrogen-bond acceptors (Lipinski definition) is 6. The first-order valence-electron chi connectivity index (χ1n) is 8.04. The maximum absolute atomic E-state index is 12.3. The van der Waals surface area contributed by atoms with Gasteiger partial charge in [-0.3, -0.25) is 0 Å². The number of aliphatic carboxylic acids is 1. The van der Waals surface area contributed by atoms with Crippen molar-refractivity contribution in [2.45, 2.75) is 12.5 Å². The third kappa shape index (κ3) is 5.86.